The first-order chi connectivity index (χ1) is 12.4. The standard InChI is InChI=1S/C19H23N2O4P/c1-20(26)18(19(22)25-2)13-15-9-7-14(8-10-15)11-12-16-5-3-4-6-17(16)21(23)24/h3-10,18H,11-13,26H2,1-2H3/t18-/m0/s1. The van der Waals surface area contributed by atoms with Gasteiger partial charge in [-0.25, -0.2) is 0 Å². The fourth-order valence-corrected chi connectivity index (χ4v) is 3.00. The average Bonchev–Trinajstić information content (AvgIpc) is 2.64. The second kappa shape index (κ2) is 9.41. The van der Waals surface area contributed by atoms with Gasteiger partial charge in [-0.3, -0.25) is 19.6 Å². The van der Waals surface area contributed by atoms with Gasteiger partial charge in [0.15, 0.2) is 0 Å². The van der Waals surface area contributed by atoms with Crippen molar-refractivity contribution in [2.45, 2.75) is 25.3 Å². The van der Waals surface area contributed by atoms with Crippen LogP contribution in [0.15, 0.2) is 48.5 Å². The Bertz CT molecular complexity index is 762. The molecular formula is C19H23N2O4P. The Hall–Kier alpha value is -2.30. The number of likely N-dealkylation sites (N-methyl/N-ethyl adjacent to an activating group) is 1. The summed E-state index contributed by atoms with van der Waals surface area (Å²) in [5.74, 6) is -0.275. The molecule has 0 aromatic heterocycles. The van der Waals surface area contributed by atoms with Crippen molar-refractivity contribution in [3.8, 4) is 0 Å². The van der Waals surface area contributed by atoms with Crippen molar-refractivity contribution in [3.63, 3.8) is 0 Å². The minimum absolute atomic E-state index is 0.161. The number of nitro groups is 1. The van der Waals surface area contributed by atoms with Gasteiger partial charge in [-0.05, 0) is 37.4 Å². The van der Waals surface area contributed by atoms with Crippen LogP contribution in [-0.4, -0.2) is 35.8 Å². The molecule has 1 unspecified atom stereocenters. The SMILES string of the molecule is COC(=O)[C@H](Cc1ccc(CCc2ccccc2[N+](=O)[O-])cc1)N(C)P. The van der Waals surface area contributed by atoms with E-state index in [0.717, 1.165) is 23.1 Å². The molecule has 0 bridgehead atoms. The third-order valence-corrected chi connectivity index (χ3v) is 4.65. The highest BCUT2D eigenvalue weighted by atomic mass is 31.0. The maximum Gasteiger partial charge on any atom is 0.323 e. The second-order valence-corrected chi connectivity index (χ2v) is 6.93. The summed E-state index contributed by atoms with van der Waals surface area (Å²) < 4.78 is 6.60. The van der Waals surface area contributed by atoms with Crippen molar-refractivity contribution < 1.29 is 14.5 Å². The molecule has 2 aromatic carbocycles. The highest BCUT2D eigenvalue weighted by Crippen LogP contribution is 2.20. The summed E-state index contributed by atoms with van der Waals surface area (Å²) in [6.07, 6.45) is 1.88. The van der Waals surface area contributed by atoms with E-state index in [9.17, 15) is 14.9 Å². The van der Waals surface area contributed by atoms with Crippen LogP contribution in [0.2, 0.25) is 0 Å². The van der Waals surface area contributed by atoms with E-state index in [1.54, 1.807) is 16.8 Å². The Labute approximate surface area is 155 Å². The Morgan fingerprint density at radius 1 is 1.15 bits per heavy atom. The molecule has 138 valence electrons. The molecule has 0 saturated carbocycles. The number of ether oxygens (including phenoxy) is 1. The van der Waals surface area contributed by atoms with Crippen molar-refractivity contribution in [3.05, 3.63) is 75.3 Å². The molecule has 2 atom stereocenters. The highest BCUT2D eigenvalue weighted by molar-refractivity contribution is 7.13. The number of nitrogens with zero attached hydrogens (tertiary/aromatic N) is 2. The van der Waals surface area contributed by atoms with Crippen LogP contribution >= 0.6 is 9.39 Å². The molecule has 7 heteroatoms. The molecule has 0 aliphatic rings. The Balaban J connectivity index is 2.02. The predicted molar refractivity (Wildman–Crippen MR) is 104 cm³/mol. The third kappa shape index (κ3) is 5.35. The molecule has 0 amide bonds. The van der Waals surface area contributed by atoms with Crippen LogP contribution in [0.5, 0.6) is 0 Å². The first-order valence-corrected chi connectivity index (χ1v) is 8.79. The van der Waals surface area contributed by atoms with E-state index in [4.69, 9.17) is 4.74 Å². The monoisotopic (exact) mass is 374 g/mol. The summed E-state index contributed by atoms with van der Waals surface area (Å²) in [4.78, 5) is 22.6. The molecule has 0 N–H and O–H groups in total. The Morgan fingerprint density at radius 3 is 2.35 bits per heavy atom. The highest BCUT2D eigenvalue weighted by Gasteiger charge is 2.22. The summed E-state index contributed by atoms with van der Waals surface area (Å²) in [5, 5.41) is 11.1. The molecule has 6 nitrogen and oxygen atoms in total. The van der Waals surface area contributed by atoms with E-state index in [1.807, 2.05) is 37.4 Å². The largest absolute Gasteiger partial charge is 0.468 e. The van der Waals surface area contributed by atoms with Gasteiger partial charge in [0.2, 0.25) is 0 Å². The van der Waals surface area contributed by atoms with Gasteiger partial charge >= 0.3 is 5.97 Å². The molecule has 0 aliphatic carbocycles. The Morgan fingerprint density at radius 2 is 1.77 bits per heavy atom. The quantitative estimate of drug-likeness (QED) is 0.307. The van der Waals surface area contributed by atoms with Gasteiger partial charge in [0.25, 0.3) is 5.69 Å². The summed E-state index contributed by atoms with van der Waals surface area (Å²) in [6, 6.07) is 14.4. The number of aryl methyl sites for hydroxylation is 2. The molecule has 2 rings (SSSR count). The number of carbonyl (C=O) groups is 1. The lowest BCUT2D eigenvalue weighted by molar-refractivity contribution is -0.385. The van der Waals surface area contributed by atoms with E-state index in [0.29, 0.717) is 12.8 Å². The predicted octanol–water partition coefficient (Wildman–Crippen LogP) is 3.19. The molecule has 2 aromatic rings. The number of benzene rings is 2. The van der Waals surface area contributed by atoms with Gasteiger partial charge in [-0.1, -0.05) is 51.9 Å². The van der Waals surface area contributed by atoms with E-state index in [-0.39, 0.29) is 22.6 Å². The van der Waals surface area contributed by atoms with Gasteiger partial charge < -0.3 is 4.74 Å². The van der Waals surface area contributed by atoms with Gasteiger partial charge in [0.1, 0.15) is 6.04 Å². The third-order valence-electron chi connectivity index (χ3n) is 4.29. The fraction of sp³-hybridized carbons (Fsp3) is 0.316. The van der Waals surface area contributed by atoms with Crippen LogP contribution < -0.4 is 0 Å². The molecule has 0 radical (unpaired) electrons. The number of esters is 1. The van der Waals surface area contributed by atoms with Gasteiger partial charge in [-0.15, -0.1) is 0 Å². The number of nitro benzene ring substituents is 1. The van der Waals surface area contributed by atoms with Crippen molar-refractivity contribution in [2.24, 2.45) is 0 Å². The summed E-state index contributed by atoms with van der Waals surface area (Å²) in [6.45, 7) is 0. The molecule has 0 spiro atoms. The maximum atomic E-state index is 11.8. The lowest BCUT2D eigenvalue weighted by Gasteiger charge is -2.21. The zero-order chi connectivity index (χ0) is 19.1. The van der Waals surface area contributed by atoms with Gasteiger partial charge in [0, 0.05) is 11.6 Å². The number of hydrogen-bond acceptors (Lipinski definition) is 5. The number of rotatable bonds is 8. The first kappa shape index (κ1) is 20.0. The van der Waals surface area contributed by atoms with Gasteiger partial charge in [0.05, 0.1) is 12.0 Å². The average molecular weight is 374 g/mol. The van der Waals surface area contributed by atoms with E-state index in [2.05, 4.69) is 9.39 Å². The summed E-state index contributed by atoms with van der Waals surface area (Å²) >= 11 is 0. The van der Waals surface area contributed by atoms with Crippen molar-refractivity contribution in [1.29, 1.82) is 0 Å². The van der Waals surface area contributed by atoms with Crippen LogP contribution in [0.25, 0.3) is 0 Å². The summed E-state index contributed by atoms with van der Waals surface area (Å²) in [5.41, 5.74) is 3.02. The molecule has 26 heavy (non-hydrogen) atoms. The molecule has 0 aliphatic heterocycles. The van der Waals surface area contributed by atoms with Crippen LogP contribution in [0.3, 0.4) is 0 Å². The normalized spacial score (nSPS) is 12.0. The van der Waals surface area contributed by atoms with Crippen molar-refractivity contribution in [2.75, 3.05) is 14.2 Å². The number of hydrogen-bond donors (Lipinski definition) is 0. The van der Waals surface area contributed by atoms with Crippen LogP contribution in [-0.2, 0) is 28.8 Å². The van der Waals surface area contributed by atoms with Crippen LogP contribution in [0.4, 0.5) is 5.69 Å². The Kier molecular flexibility index (Phi) is 7.25. The van der Waals surface area contributed by atoms with Gasteiger partial charge in [-0.2, -0.15) is 0 Å². The number of para-hydroxylation sites is 1. The van der Waals surface area contributed by atoms with Crippen molar-refractivity contribution >= 4 is 21.0 Å². The first-order valence-electron chi connectivity index (χ1n) is 8.28. The molecule has 0 heterocycles. The van der Waals surface area contributed by atoms with E-state index in [1.165, 1.54) is 13.2 Å². The zero-order valence-corrected chi connectivity index (χ0v) is 16.1. The number of methoxy groups -OCH3 is 1. The maximum absolute atomic E-state index is 11.8. The zero-order valence-electron chi connectivity index (χ0n) is 14.9. The lowest BCUT2D eigenvalue weighted by atomic mass is 10.00. The lowest BCUT2D eigenvalue weighted by Crippen LogP contribution is -2.35. The van der Waals surface area contributed by atoms with Crippen LogP contribution in [0, 0.1) is 10.1 Å². The fourth-order valence-electron chi connectivity index (χ4n) is 2.77. The van der Waals surface area contributed by atoms with E-state index >= 15 is 0 Å². The molecule has 0 fully saturated rings. The van der Waals surface area contributed by atoms with Crippen LogP contribution in [0.1, 0.15) is 16.7 Å². The summed E-state index contributed by atoms with van der Waals surface area (Å²) in [7, 11) is 5.69. The topological polar surface area (TPSA) is 72.7 Å². The number of carbonyl (C=O) groups excluding carboxylic acids is 1. The second-order valence-electron chi connectivity index (χ2n) is 6.11. The molecular weight excluding hydrogens is 351 g/mol. The molecule has 0 saturated heterocycles. The minimum Gasteiger partial charge on any atom is -0.468 e. The smallest absolute Gasteiger partial charge is 0.323 e. The minimum atomic E-state index is -0.359. The van der Waals surface area contributed by atoms with Crippen molar-refractivity contribution in [1.82, 2.24) is 4.67 Å². The van der Waals surface area contributed by atoms with E-state index < -0.39 is 0 Å².